The van der Waals surface area contributed by atoms with Crippen LogP contribution in [-0.2, 0) is 10.2 Å². The lowest BCUT2D eigenvalue weighted by molar-refractivity contribution is -0.138. The van der Waals surface area contributed by atoms with Crippen LogP contribution in [0, 0.1) is 11.3 Å². The van der Waals surface area contributed by atoms with Crippen LogP contribution in [0.15, 0.2) is 41.4 Å². The van der Waals surface area contributed by atoms with Gasteiger partial charge in [-0.3, -0.25) is 9.78 Å². The maximum Gasteiger partial charge on any atom is 0.319 e. The number of nitrogens with zero attached hydrogens (tertiary/aromatic N) is 2. The minimum absolute atomic E-state index is 0.00768. The standard InChI is InChI=1S/C22H23N3O2S/c1-21(2,3)13-8-9-24-17(10-13)18-11-14-15(12-23)19(7-6-16(14)25-18)28-22(4,5)20(26)27/h6-11,25H,1-5H3,(H,26,27). The molecule has 0 aliphatic rings. The summed E-state index contributed by atoms with van der Waals surface area (Å²) in [5.74, 6) is -0.917. The zero-order chi connectivity index (χ0) is 20.7. The van der Waals surface area contributed by atoms with E-state index in [0.717, 1.165) is 22.3 Å². The van der Waals surface area contributed by atoms with Gasteiger partial charge < -0.3 is 10.1 Å². The number of H-pyrrole nitrogens is 1. The van der Waals surface area contributed by atoms with E-state index in [1.54, 1.807) is 26.1 Å². The van der Waals surface area contributed by atoms with E-state index in [2.05, 4.69) is 42.9 Å². The van der Waals surface area contributed by atoms with Crippen LogP contribution in [0.25, 0.3) is 22.3 Å². The molecule has 0 unspecified atom stereocenters. The van der Waals surface area contributed by atoms with Crippen LogP contribution in [0.4, 0.5) is 0 Å². The largest absolute Gasteiger partial charge is 0.480 e. The van der Waals surface area contributed by atoms with E-state index in [9.17, 15) is 15.2 Å². The number of pyridine rings is 1. The number of carboxylic acid groups (broad SMARTS) is 1. The van der Waals surface area contributed by atoms with Crippen molar-refractivity contribution >= 4 is 28.6 Å². The summed E-state index contributed by atoms with van der Waals surface area (Å²) in [7, 11) is 0. The molecular weight excluding hydrogens is 370 g/mol. The van der Waals surface area contributed by atoms with Crippen molar-refractivity contribution in [2.45, 2.75) is 49.7 Å². The number of aromatic nitrogens is 2. The second-order valence-electron chi connectivity index (χ2n) is 8.29. The molecule has 0 fully saturated rings. The number of benzene rings is 1. The normalized spacial score (nSPS) is 12.1. The fraction of sp³-hybridized carbons (Fsp3) is 0.318. The molecule has 3 aromatic rings. The number of aromatic amines is 1. The predicted molar refractivity (Wildman–Crippen MR) is 113 cm³/mol. The van der Waals surface area contributed by atoms with Crippen LogP contribution < -0.4 is 0 Å². The summed E-state index contributed by atoms with van der Waals surface area (Å²) < 4.78 is -1.03. The van der Waals surface area contributed by atoms with Crippen molar-refractivity contribution in [3.8, 4) is 17.5 Å². The third-order valence-corrected chi connectivity index (χ3v) is 5.90. The fourth-order valence-electron chi connectivity index (χ4n) is 2.89. The Balaban J connectivity index is 2.10. The van der Waals surface area contributed by atoms with Crippen LogP contribution >= 0.6 is 11.8 Å². The first-order chi connectivity index (χ1) is 13.0. The number of nitriles is 1. The molecule has 3 rings (SSSR count). The topological polar surface area (TPSA) is 89.8 Å². The molecule has 0 aliphatic carbocycles. The molecule has 0 atom stereocenters. The minimum atomic E-state index is -1.03. The molecule has 5 nitrogen and oxygen atoms in total. The highest BCUT2D eigenvalue weighted by atomic mass is 32.2. The number of nitrogens with one attached hydrogen (secondary N) is 1. The molecule has 2 heterocycles. The van der Waals surface area contributed by atoms with Gasteiger partial charge in [-0.2, -0.15) is 5.26 Å². The monoisotopic (exact) mass is 393 g/mol. The number of hydrogen-bond donors (Lipinski definition) is 2. The van der Waals surface area contributed by atoms with E-state index in [-0.39, 0.29) is 5.41 Å². The van der Waals surface area contributed by atoms with E-state index in [1.165, 1.54) is 17.3 Å². The van der Waals surface area contributed by atoms with Crippen molar-refractivity contribution in [3.05, 3.63) is 47.7 Å². The lowest BCUT2D eigenvalue weighted by Gasteiger charge is -2.19. The average molecular weight is 394 g/mol. The number of aliphatic carboxylic acids is 1. The zero-order valence-corrected chi connectivity index (χ0v) is 17.4. The van der Waals surface area contributed by atoms with Crippen LogP contribution in [-0.4, -0.2) is 25.8 Å². The Morgan fingerprint density at radius 3 is 2.50 bits per heavy atom. The molecule has 28 heavy (non-hydrogen) atoms. The highest BCUT2D eigenvalue weighted by Crippen LogP contribution is 2.38. The SMILES string of the molecule is CC(C)(Sc1ccc2[nH]c(-c3cc(C(C)(C)C)ccn3)cc2c1C#N)C(=O)O. The van der Waals surface area contributed by atoms with Gasteiger partial charge in [-0.15, -0.1) is 11.8 Å². The Morgan fingerprint density at radius 1 is 1.18 bits per heavy atom. The molecule has 6 heteroatoms. The van der Waals surface area contributed by atoms with Crippen LogP contribution in [0.2, 0.25) is 0 Å². The first kappa shape index (κ1) is 20.0. The summed E-state index contributed by atoms with van der Waals surface area (Å²) in [4.78, 5) is 19.9. The molecule has 144 valence electrons. The fourth-order valence-corrected chi connectivity index (χ4v) is 3.92. The van der Waals surface area contributed by atoms with Crippen LogP contribution in [0.1, 0.15) is 45.7 Å². The van der Waals surface area contributed by atoms with Gasteiger partial charge in [0.2, 0.25) is 0 Å². The van der Waals surface area contributed by atoms with Crippen molar-refractivity contribution < 1.29 is 9.90 Å². The Labute approximate surface area is 168 Å². The lowest BCUT2D eigenvalue weighted by Crippen LogP contribution is -2.27. The summed E-state index contributed by atoms with van der Waals surface area (Å²) in [6, 6.07) is 11.9. The van der Waals surface area contributed by atoms with Crippen LogP contribution in [0.5, 0.6) is 0 Å². The van der Waals surface area contributed by atoms with E-state index in [0.29, 0.717) is 10.5 Å². The zero-order valence-electron chi connectivity index (χ0n) is 16.6. The van der Waals surface area contributed by atoms with E-state index in [1.807, 2.05) is 18.2 Å². The summed E-state index contributed by atoms with van der Waals surface area (Å²) in [5, 5.41) is 19.9. The first-order valence-corrected chi connectivity index (χ1v) is 9.80. The molecule has 0 radical (unpaired) electrons. The number of carboxylic acids is 1. The van der Waals surface area contributed by atoms with Gasteiger partial charge >= 0.3 is 5.97 Å². The summed E-state index contributed by atoms with van der Waals surface area (Å²) >= 11 is 1.18. The Kier molecular flexibility index (Phi) is 4.99. The average Bonchev–Trinajstić information content (AvgIpc) is 3.05. The first-order valence-electron chi connectivity index (χ1n) is 8.98. The van der Waals surface area contributed by atoms with Gasteiger partial charge in [0, 0.05) is 22.0 Å². The Bertz CT molecular complexity index is 1100. The molecule has 1 aromatic carbocycles. The van der Waals surface area contributed by atoms with Gasteiger partial charge in [0.1, 0.15) is 10.8 Å². The molecule has 0 saturated heterocycles. The maximum absolute atomic E-state index is 11.5. The molecular formula is C22H23N3O2S. The molecule has 2 aromatic heterocycles. The minimum Gasteiger partial charge on any atom is -0.480 e. The second kappa shape index (κ2) is 6.99. The molecule has 0 bridgehead atoms. The number of hydrogen-bond acceptors (Lipinski definition) is 4. The summed E-state index contributed by atoms with van der Waals surface area (Å²) in [6.07, 6.45) is 1.79. The highest BCUT2D eigenvalue weighted by molar-refractivity contribution is 8.01. The van der Waals surface area contributed by atoms with Gasteiger partial charge in [0.25, 0.3) is 0 Å². The van der Waals surface area contributed by atoms with Gasteiger partial charge in [-0.25, -0.2) is 0 Å². The lowest BCUT2D eigenvalue weighted by atomic mass is 9.87. The highest BCUT2D eigenvalue weighted by Gasteiger charge is 2.30. The van der Waals surface area contributed by atoms with Gasteiger partial charge in [-0.1, -0.05) is 20.8 Å². The van der Waals surface area contributed by atoms with Crippen molar-refractivity contribution in [3.63, 3.8) is 0 Å². The number of carbonyl (C=O) groups is 1. The third-order valence-electron chi connectivity index (χ3n) is 4.66. The Morgan fingerprint density at radius 2 is 1.89 bits per heavy atom. The van der Waals surface area contributed by atoms with Gasteiger partial charge in [-0.05, 0) is 55.2 Å². The molecule has 0 aliphatic heterocycles. The smallest absolute Gasteiger partial charge is 0.319 e. The molecule has 0 amide bonds. The van der Waals surface area contributed by atoms with Crippen molar-refractivity contribution in [2.75, 3.05) is 0 Å². The van der Waals surface area contributed by atoms with Gasteiger partial charge in [0.15, 0.2) is 0 Å². The third kappa shape index (κ3) is 3.76. The Hall–Kier alpha value is -2.78. The summed E-state index contributed by atoms with van der Waals surface area (Å²) in [6.45, 7) is 9.72. The number of rotatable bonds is 4. The predicted octanol–water partition coefficient (Wildman–Crippen LogP) is 5.35. The quantitative estimate of drug-likeness (QED) is 0.583. The molecule has 0 spiro atoms. The van der Waals surface area contributed by atoms with E-state index in [4.69, 9.17) is 0 Å². The van der Waals surface area contributed by atoms with Gasteiger partial charge in [0.05, 0.1) is 17.0 Å². The van der Waals surface area contributed by atoms with Crippen LogP contribution in [0.3, 0.4) is 0 Å². The number of thioether (sulfide) groups is 1. The van der Waals surface area contributed by atoms with E-state index < -0.39 is 10.7 Å². The van der Waals surface area contributed by atoms with E-state index >= 15 is 0 Å². The molecule has 2 N–H and O–H groups in total. The summed E-state index contributed by atoms with van der Waals surface area (Å²) in [5.41, 5.74) is 4.13. The van der Waals surface area contributed by atoms with Crippen molar-refractivity contribution in [1.29, 1.82) is 5.26 Å². The number of fused-ring (bicyclic) bond motifs is 1. The van der Waals surface area contributed by atoms with Crippen molar-refractivity contribution in [2.24, 2.45) is 0 Å². The molecule has 0 saturated carbocycles. The second-order valence-corrected chi connectivity index (χ2v) is 9.96. The maximum atomic E-state index is 11.5. The van der Waals surface area contributed by atoms with Crippen molar-refractivity contribution in [1.82, 2.24) is 9.97 Å².